The van der Waals surface area contributed by atoms with E-state index < -0.39 is 5.79 Å². The molecule has 0 radical (unpaired) electrons. The molecule has 2 aliphatic heterocycles. The summed E-state index contributed by atoms with van der Waals surface area (Å²) in [6.45, 7) is 6.70. The third-order valence-corrected chi connectivity index (χ3v) is 4.98. The van der Waals surface area contributed by atoms with Crippen LogP contribution >= 0.6 is 0 Å². The zero-order chi connectivity index (χ0) is 16.0. The number of likely N-dealkylation sites (tertiary alicyclic amines) is 1. The van der Waals surface area contributed by atoms with Crippen molar-refractivity contribution in [2.75, 3.05) is 26.3 Å². The number of nitrogens with zero attached hydrogens (tertiary/aromatic N) is 1. The first-order valence-electron chi connectivity index (χ1n) is 8.24. The van der Waals surface area contributed by atoms with Crippen molar-refractivity contribution in [2.45, 2.75) is 32.5 Å². The second-order valence-corrected chi connectivity index (χ2v) is 6.57. The van der Waals surface area contributed by atoms with Crippen LogP contribution in [0.25, 0.3) is 10.9 Å². The Morgan fingerprint density at radius 1 is 1.17 bits per heavy atom. The predicted octanol–water partition coefficient (Wildman–Crippen LogP) is 2.76. The SMILES string of the molecule is Cc1ccc2[nH]c(C)c(C(=O)N3CCC4(CC3)OCCO4)c2c1. The Morgan fingerprint density at radius 2 is 1.87 bits per heavy atom. The highest BCUT2D eigenvalue weighted by molar-refractivity contribution is 6.08. The minimum atomic E-state index is -0.442. The maximum atomic E-state index is 13.0. The highest BCUT2D eigenvalue weighted by Gasteiger charge is 2.41. The van der Waals surface area contributed by atoms with E-state index in [2.05, 4.69) is 24.0 Å². The number of carbonyl (C=O) groups excluding carboxylic acids is 1. The number of piperidine rings is 1. The molecule has 0 aliphatic carbocycles. The third-order valence-electron chi connectivity index (χ3n) is 4.98. The average Bonchev–Trinajstić information content (AvgIpc) is 3.11. The normalized spacial score (nSPS) is 20.5. The number of rotatable bonds is 1. The molecule has 2 aliphatic rings. The lowest BCUT2D eigenvalue weighted by atomic mass is 10.0. The van der Waals surface area contributed by atoms with Gasteiger partial charge in [-0.3, -0.25) is 4.79 Å². The Bertz CT molecular complexity index is 749. The zero-order valence-corrected chi connectivity index (χ0v) is 13.6. The van der Waals surface area contributed by atoms with E-state index >= 15 is 0 Å². The van der Waals surface area contributed by atoms with Gasteiger partial charge in [-0.25, -0.2) is 0 Å². The van der Waals surface area contributed by atoms with E-state index in [0.29, 0.717) is 26.3 Å². The van der Waals surface area contributed by atoms with Gasteiger partial charge in [-0.05, 0) is 26.0 Å². The molecule has 1 aromatic carbocycles. The minimum Gasteiger partial charge on any atom is -0.358 e. The van der Waals surface area contributed by atoms with Crippen LogP contribution in [0.4, 0.5) is 0 Å². The smallest absolute Gasteiger partial charge is 0.256 e. The molecule has 1 N–H and O–H groups in total. The van der Waals surface area contributed by atoms with Gasteiger partial charge in [0, 0.05) is 42.5 Å². The van der Waals surface area contributed by atoms with Crippen molar-refractivity contribution < 1.29 is 14.3 Å². The molecule has 2 saturated heterocycles. The summed E-state index contributed by atoms with van der Waals surface area (Å²) in [5, 5.41) is 1.01. The molecule has 5 heteroatoms. The lowest BCUT2D eigenvalue weighted by molar-refractivity contribution is -0.181. The summed E-state index contributed by atoms with van der Waals surface area (Å²) >= 11 is 0. The van der Waals surface area contributed by atoms with Crippen molar-refractivity contribution >= 4 is 16.8 Å². The van der Waals surface area contributed by atoms with Crippen molar-refractivity contribution in [1.82, 2.24) is 9.88 Å². The van der Waals surface area contributed by atoms with Gasteiger partial charge in [0.15, 0.2) is 5.79 Å². The molecule has 2 fully saturated rings. The Hall–Kier alpha value is -1.85. The number of H-pyrrole nitrogens is 1. The number of nitrogens with one attached hydrogen (secondary N) is 1. The maximum absolute atomic E-state index is 13.0. The number of hydrogen-bond donors (Lipinski definition) is 1. The van der Waals surface area contributed by atoms with Crippen LogP contribution in [0.5, 0.6) is 0 Å². The number of fused-ring (bicyclic) bond motifs is 1. The van der Waals surface area contributed by atoms with E-state index in [1.807, 2.05) is 17.9 Å². The molecule has 3 heterocycles. The summed E-state index contributed by atoms with van der Waals surface area (Å²) in [7, 11) is 0. The largest absolute Gasteiger partial charge is 0.358 e. The number of amides is 1. The number of aromatic amines is 1. The van der Waals surface area contributed by atoms with Gasteiger partial charge in [0.2, 0.25) is 0 Å². The zero-order valence-electron chi connectivity index (χ0n) is 13.6. The monoisotopic (exact) mass is 314 g/mol. The van der Waals surface area contributed by atoms with Crippen LogP contribution in [0.3, 0.4) is 0 Å². The van der Waals surface area contributed by atoms with E-state index in [0.717, 1.165) is 40.6 Å². The highest BCUT2D eigenvalue weighted by atomic mass is 16.7. The lowest BCUT2D eigenvalue weighted by Crippen LogP contribution is -2.47. The van der Waals surface area contributed by atoms with E-state index in [1.54, 1.807) is 0 Å². The maximum Gasteiger partial charge on any atom is 0.256 e. The van der Waals surface area contributed by atoms with Crippen LogP contribution in [-0.2, 0) is 9.47 Å². The van der Waals surface area contributed by atoms with Gasteiger partial charge < -0.3 is 19.4 Å². The fourth-order valence-corrected chi connectivity index (χ4v) is 3.71. The number of aryl methyl sites for hydroxylation is 2. The van der Waals surface area contributed by atoms with Crippen LogP contribution in [0.15, 0.2) is 18.2 Å². The molecule has 0 unspecified atom stereocenters. The van der Waals surface area contributed by atoms with Gasteiger partial charge in [-0.2, -0.15) is 0 Å². The van der Waals surface area contributed by atoms with Crippen LogP contribution in [0.1, 0.15) is 34.5 Å². The van der Waals surface area contributed by atoms with Crippen molar-refractivity contribution in [2.24, 2.45) is 0 Å². The van der Waals surface area contributed by atoms with Crippen molar-refractivity contribution in [1.29, 1.82) is 0 Å². The second-order valence-electron chi connectivity index (χ2n) is 6.57. The minimum absolute atomic E-state index is 0.104. The first kappa shape index (κ1) is 14.7. The number of ether oxygens (including phenoxy) is 2. The van der Waals surface area contributed by atoms with Gasteiger partial charge in [0.05, 0.1) is 18.8 Å². The predicted molar refractivity (Wildman–Crippen MR) is 87.5 cm³/mol. The summed E-state index contributed by atoms with van der Waals surface area (Å²) in [5.41, 5.74) is 3.92. The molecule has 0 saturated carbocycles. The van der Waals surface area contributed by atoms with Gasteiger partial charge >= 0.3 is 0 Å². The molecule has 2 aromatic rings. The van der Waals surface area contributed by atoms with Crippen molar-refractivity contribution in [3.8, 4) is 0 Å². The fraction of sp³-hybridized carbons (Fsp3) is 0.500. The highest BCUT2D eigenvalue weighted by Crippen LogP contribution is 2.33. The topological polar surface area (TPSA) is 54.6 Å². The standard InChI is InChI=1S/C18H22N2O3/c1-12-3-4-15-14(11-12)16(13(2)19-15)17(21)20-7-5-18(6-8-20)22-9-10-23-18/h3-4,11,19H,5-10H2,1-2H3. The van der Waals surface area contributed by atoms with Gasteiger partial charge in [0.25, 0.3) is 5.91 Å². The Morgan fingerprint density at radius 3 is 2.57 bits per heavy atom. The van der Waals surface area contributed by atoms with E-state index in [1.165, 1.54) is 0 Å². The molecule has 5 nitrogen and oxygen atoms in total. The first-order chi connectivity index (χ1) is 11.1. The number of benzene rings is 1. The van der Waals surface area contributed by atoms with Gasteiger partial charge in [-0.1, -0.05) is 11.6 Å². The van der Waals surface area contributed by atoms with E-state index in [-0.39, 0.29) is 5.91 Å². The molecule has 1 amide bonds. The van der Waals surface area contributed by atoms with Crippen LogP contribution < -0.4 is 0 Å². The summed E-state index contributed by atoms with van der Waals surface area (Å²) in [5.74, 6) is -0.338. The van der Waals surface area contributed by atoms with Crippen LogP contribution in [0.2, 0.25) is 0 Å². The first-order valence-corrected chi connectivity index (χ1v) is 8.24. The molecule has 1 spiro atoms. The molecular weight excluding hydrogens is 292 g/mol. The van der Waals surface area contributed by atoms with Crippen LogP contribution in [-0.4, -0.2) is 47.9 Å². The molecule has 122 valence electrons. The van der Waals surface area contributed by atoms with Gasteiger partial charge in [0.1, 0.15) is 0 Å². The molecule has 0 atom stereocenters. The molecule has 0 bridgehead atoms. The van der Waals surface area contributed by atoms with E-state index in [9.17, 15) is 4.79 Å². The number of aromatic nitrogens is 1. The number of hydrogen-bond acceptors (Lipinski definition) is 3. The van der Waals surface area contributed by atoms with Crippen LogP contribution in [0, 0.1) is 13.8 Å². The second kappa shape index (κ2) is 5.35. The summed E-state index contributed by atoms with van der Waals surface area (Å²) in [6, 6.07) is 6.19. The fourth-order valence-electron chi connectivity index (χ4n) is 3.71. The molecular formula is C18H22N2O3. The lowest BCUT2D eigenvalue weighted by Gasteiger charge is -2.37. The van der Waals surface area contributed by atoms with Crippen molar-refractivity contribution in [3.05, 3.63) is 35.0 Å². The summed E-state index contributed by atoms with van der Waals surface area (Å²) in [4.78, 5) is 18.3. The third kappa shape index (κ3) is 2.44. The Balaban J connectivity index is 1.60. The Kier molecular flexibility index (Phi) is 3.43. The van der Waals surface area contributed by atoms with E-state index in [4.69, 9.17) is 9.47 Å². The quantitative estimate of drug-likeness (QED) is 0.880. The Labute approximate surface area is 135 Å². The van der Waals surface area contributed by atoms with Gasteiger partial charge in [-0.15, -0.1) is 0 Å². The molecule has 23 heavy (non-hydrogen) atoms. The molecule has 4 rings (SSSR count). The summed E-state index contributed by atoms with van der Waals surface area (Å²) in [6.07, 6.45) is 1.50. The summed E-state index contributed by atoms with van der Waals surface area (Å²) < 4.78 is 11.5. The number of carbonyl (C=O) groups is 1. The van der Waals surface area contributed by atoms with Crippen molar-refractivity contribution in [3.63, 3.8) is 0 Å². The molecule has 1 aromatic heterocycles. The average molecular weight is 314 g/mol.